The van der Waals surface area contributed by atoms with Crippen molar-refractivity contribution in [1.82, 2.24) is 10.2 Å². The van der Waals surface area contributed by atoms with Crippen LogP contribution < -0.4 is 5.32 Å². The molecule has 0 aliphatic carbocycles. The molecule has 0 aromatic rings. The molecule has 1 N–H and O–H groups in total. The van der Waals surface area contributed by atoms with Crippen molar-refractivity contribution in [3.63, 3.8) is 0 Å². The first-order valence-electron chi connectivity index (χ1n) is 5.44. The van der Waals surface area contributed by atoms with Gasteiger partial charge in [0.25, 0.3) is 0 Å². The first kappa shape index (κ1) is 11.7. The van der Waals surface area contributed by atoms with Crippen molar-refractivity contribution < 1.29 is 4.74 Å². The highest BCUT2D eigenvalue weighted by Gasteiger charge is 2.23. The third-order valence-corrected chi connectivity index (χ3v) is 2.58. The van der Waals surface area contributed by atoms with Crippen molar-refractivity contribution in [1.29, 1.82) is 0 Å². The lowest BCUT2D eigenvalue weighted by atomic mass is 10.1. The summed E-state index contributed by atoms with van der Waals surface area (Å²) in [5, 5.41) is 3.44. The maximum Gasteiger partial charge on any atom is 0.0890 e. The Morgan fingerprint density at radius 3 is 3.07 bits per heavy atom. The molecule has 0 radical (unpaired) electrons. The van der Waals surface area contributed by atoms with Crippen LogP contribution in [0.25, 0.3) is 0 Å². The second-order valence-corrected chi connectivity index (χ2v) is 3.89. The van der Waals surface area contributed by atoms with Gasteiger partial charge in [-0.25, -0.2) is 0 Å². The number of likely N-dealkylation sites (N-methyl/N-ethyl adjacent to an activating group) is 1. The first-order chi connectivity index (χ1) is 6.77. The van der Waals surface area contributed by atoms with Gasteiger partial charge in [-0.15, -0.1) is 6.58 Å². The number of morpholine rings is 1. The molecule has 0 aromatic heterocycles. The number of nitrogens with one attached hydrogen (secondary N) is 1. The largest absolute Gasteiger partial charge is 0.374 e. The molecule has 2 atom stereocenters. The zero-order valence-electron chi connectivity index (χ0n) is 9.33. The second-order valence-electron chi connectivity index (χ2n) is 3.89. The summed E-state index contributed by atoms with van der Waals surface area (Å²) in [5.41, 5.74) is 0. The molecule has 1 saturated heterocycles. The minimum atomic E-state index is 0.262. The molecule has 0 amide bonds. The SMILES string of the molecule is C=CC(NCCC)C1CN(C)CCO1. The molecule has 1 heterocycles. The monoisotopic (exact) mass is 198 g/mol. The molecular formula is C11H22N2O. The summed E-state index contributed by atoms with van der Waals surface area (Å²) in [6, 6.07) is 0.290. The summed E-state index contributed by atoms with van der Waals surface area (Å²) in [7, 11) is 2.13. The Balaban J connectivity index is 2.38. The van der Waals surface area contributed by atoms with Crippen molar-refractivity contribution in [2.45, 2.75) is 25.5 Å². The van der Waals surface area contributed by atoms with E-state index in [2.05, 4.69) is 30.8 Å². The van der Waals surface area contributed by atoms with Crippen LogP contribution in [0.2, 0.25) is 0 Å². The van der Waals surface area contributed by atoms with Gasteiger partial charge in [0.05, 0.1) is 18.8 Å². The molecule has 1 aliphatic heterocycles. The van der Waals surface area contributed by atoms with Crippen molar-refractivity contribution in [2.24, 2.45) is 0 Å². The number of hydrogen-bond acceptors (Lipinski definition) is 3. The van der Waals surface area contributed by atoms with Gasteiger partial charge in [0, 0.05) is 13.1 Å². The van der Waals surface area contributed by atoms with E-state index in [1.165, 1.54) is 0 Å². The van der Waals surface area contributed by atoms with Crippen LogP contribution in [0.15, 0.2) is 12.7 Å². The Hall–Kier alpha value is -0.380. The van der Waals surface area contributed by atoms with E-state index in [0.29, 0.717) is 0 Å². The molecule has 0 aromatic carbocycles. The predicted octanol–water partition coefficient (Wildman–Crippen LogP) is 0.871. The average Bonchev–Trinajstić information content (AvgIpc) is 2.19. The second kappa shape index (κ2) is 6.17. The molecule has 3 heteroatoms. The van der Waals surface area contributed by atoms with Gasteiger partial charge in [-0.05, 0) is 20.0 Å². The molecule has 1 fully saturated rings. The molecule has 3 nitrogen and oxygen atoms in total. The van der Waals surface area contributed by atoms with Crippen LogP contribution in [0.4, 0.5) is 0 Å². The molecule has 0 saturated carbocycles. The van der Waals surface area contributed by atoms with Crippen molar-refractivity contribution >= 4 is 0 Å². The fraction of sp³-hybridized carbons (Fsp3) is 0.818. The van der Waals surface area contributed by atoms with E-state index >= 15 is 0 Å². The van der Waals surface area contributed by atoms with Crippen LogP contribution in [0.1, 0.15) is 13.3 Å². The Morgan fingerprint density at radius 2 is 2.50 bits per heavy atom. The molecule has 2 unspecified atom stereocenters. The van der Waals surface area contributed by atoms with Crippen molar-refractivity contribution in [3.8, 4) is 0 Å². The fourth-order valence-electron chi connectivity index (χ4n) is 1.71. The Morgan fingerprint density at radius 1 is 1.71 bits per heavy atom. The standard InChI is InChI=1S/C11H22N2O/c1-4-6-12-10(5-2)11-9-13(3)7-8-14-11/h5,10-12H,2,4,6-9H2,1,3H3. The minimum Gasteiger partial charge on any atom is -0.374 e. The van der Waals surface area contributed by atoms with Gasteiger partial charge in [0.15, 0.2) is 0 Å². The van der Waals surface area contributed by atoms with Gasteiger partial charge in [0.2, 0.25) is 0 Å². The van der Waals surface area contributed by atoms with Gasteiger partial charge in [-0.3, -0.25) is 0 Å². The molecule has 0 bridgehead atoms. The van der Waals surface area contributed by atoms with E-state index in [1.54, 1.807) is 0 Å². The van der Waals surface area contributed by atoms with E-state index in [4.69, 9.17) is 4.74 Å². The van der Waals surface area contributed by atoms with Gasteiger partial charge in [-0.2, -0.15) is 0 Å². The van der Waals surface area contributed by atoms with E-state index in [1.807, 2.05) is 6.08 Å². The summed E-state index contributed by atoms with van der Waals surface area (Å²) in [6.07, 6.45) is 3.37. The maximum atomic E-state index is 5.72. The van der Waals surface area contributed by atoms with Crippen LogP contribution >= 0.6 is 0 Å². The first-order valence-corrected chi connectivity index (χ1v) is 5.44. The molecule has 0 spiro atoms. The van der Waals surface area contributed by atoms with Gasteiger partial charge < -0.3 is 15.0 Å². The zero-order valence-corrected chi connectivity index (χ0v) is 9.33. The maximum absolute atomic E-state index is 5.72. The van der Waals surface area contributed by atoms with Crippen molar-refractivity contribution in [2.75, 3.05) is 33.3 Å². The Kier molecular flexibility index (Phi) is 5.15. The molecule has 1 rings (SSSR count). The highest BCUT2D eigenvalue weighted by atomic mass is 16.5. The lowest BCUT2D eigenvalue weighted by molar-refractivity contribution is -0.0303. The van der Waals surface area contributed by atoms with E-state index in [-0.39, 0.29) is 12.1 Å². The summed E-state index contributed by atoms with van der Waals surface area (Å²) < 4.78 is 5.72. The highest BCUT2D eigenvalue weighted by Crippen LogP contribution is 2.08. The Bertz CT molecular complexity index is 173. The number of hydrogen-bond donors (Lipinski definition) is 1. The highest BCUT2D eigenvalue weighted by molar-refractivity contribution is 4.94. The molecule has 82 valence electrons. The smallest absolute Gasteiger partial charge is 0.0890 e. The summed E-state index contributed by atoms with van der Waals surface area (Å²) in [6.45, 7) is 9.91. The predicted molar refractivity (Wildman–Crippen MR) is 59.5 cm³/mol. The third kappa shape index (κ3) is 3.40. The Labute approximate surface area is 87.1 Å². The van der Waals surface area contributed by atoms with Crippen LogP contribution in [0.3, 0.4) is 0 Å². The lowest BCUT2D eigenvalue weighted by Crippen LogP contribution is -2.50. The zero-order chi connectivity index (χ0) is 10.4. The minimum absolute atomic E-state index is 0.262. The van der Waals surface area contributed by atoms with E-state index in [0.717, 1.165) is 32.7 Å². The molecule has 1 aliphatic rings. The van der Waals surface area contributed by atoms with Gasteiger partial charge >= 0.3 is 0 Å². The third-order valence-electron chi connectivity index (χ3n) is 2.58. The van der Waals surface area contributed by atoms with Crippen LogP contribution in [-0.2, 0) is 4.74 Å². The van der Waals surface area contributed by atoms with Gasteiger partial charge in [-0.1, -0.05) is 13.0 Å². The van der Waals surface area contributed by atoms with Crippen molar-refractivity contribution in [3.05, 3.63) is 12.7 Å². The summed E-state index contributed by atoms with van der Waals surface area (Å²) in [5.74, 6) is 0. The normalized spacial score (nSPS) is 26.0. The number of nitrogens with zero attached hydrogens (tertiary/aromatic N) is 1. The number of ether oxygens (including phenoxy) is 1. The van der Waals surface area contributed by atoms with Crippen LogP contribution in [-0.4, -0.2) is 50.3 Å². The van der Waals surface area contributed by atoms with Crippen LogP contribution in [0, 0.1) is 0 Å². The average molecular weight is 198 g/mol. The van der Waals surface area contributed by atoms with Crippen LogP contribution in [0.5, 0.6) is 0 Å². The summed E-state index contributed by atoms with van der Waals surface area (Å²) in [4.78, 5) is 2.30. The van der Waals surface area contributed by atoms with E-state index in [9.17, 15) is 0 Å². The quantitative estimate of drug-likeness (QED) is 0.663. The topological polar surface area (TPSA) is 24.5 Å². The van der Waals surface area contributed by atoms with Gasteiger partial charge in [0.1, 0.15) is 0 Å². The summed E-state index contributed by atoms with van der Waals surface area (Å²) >= 11 is 0. The molecular weight excluding hydrogens is 176 g/mol. The molecule has 14 heavy (non-hydrogen) atoms. The van der Waals surface area contributed by atoms with E-state index < -0.39 is 0 Å². The lowest BCUT2D eigenvalue weighted by Gasteiger charge is -2.34. The number of rotatable bonds is 5. The fourth-order valence-corrected chi connectivity index (χ4v) is 1.71.